The molecule has 0 radical (unpaired) electrons. The Hall–Kier alpha value is -2.31. The van der Waals surface area contributed by atoms with Crippen molar-refractivity contribution in [1.82, 2.24) is 5.32 Å². The highest BCUT2D eigenvalue weighted by atomic mass is 16.6. The molecule has 23 heavy (non-hydrogen) atoms. The Morgan fingerprint density at radius 1 is 1.30 bits per heavy atom. The van der Waals surface area contributed by atoms with Crippen molar-refractivity contribution in [3.63, 3.8) is 0 Å². The highest BCUT2D eigenvalue weighted by Crippen LogP contribution is 2.29. The van der Waals surface area contributed by atoms with Gasteiger partial charge >= 0.3 is 6.09 Å². The van der Waals surface area contributed by atoms with E-state index < -0.39 is 11.7 Å². The van der Waals surface area contributed by atoms with Crippen molar-refractivity contribution in [3.8, 4) is 0 Å². The van der Waals surface area contributed by atoms with Crippen molar-refractivity contribution in [1.29, 1.82) is 0 Å². The van der Waals surface area contributed by atoms with Gasteiger partial charge in [0.05, 0.1) is 4.92 Å². The van der Waals surface area contributed by atoms with Crippen LogP contribution < -0.4 is 10.2 Å². The van der Waals surface area contributed by atoms with Gasteiger partial charge in [-0.05, 0) is 39.7 Å². The second-order valence-corrected chi connectivity index (χ2v) is 6.65. The van der Waals surface area contributed by atoms with Crippen LogP contribution in [0.3, 0.4) is 0 Å². The Bertz CT molecular complexity index is 575. The van der Waals surface area contributed by atoms with Crippen LogP contribution in [0.5, 0.6) is 0 Å². The van der Waals surface area contributed by atoms with Crippen molar-refractivity contribution in [2.75, 3.05) is 18.0 Å². The van der Waals surface area contributed by atoms with Gasteiger partial charge in [-0.1, -0.05) is 12.1 Å². The number of nitro groups is 1. The van der Waals surface area contributed by atoms with Crippen molar-refractivity contribution < 1.29 is 14.5 Å². The van der Waals surface area contributed by atoms with E-state index >= 15 is 0 Å². The van der Waals surface area contributed by atoms with Crippen LogP contribution in [0, 0.1) is 10.1 Å². The minimum Gasteiger partial charge on any atom is -0.444 e. The number of hydrogen-bond donors (Lipinski definition) is 1. The molecule has 1 heterocycles. The Kier molecular flexibility index (Phi) is 5.08. The largest absolute Gasteiger partial charge is 0.444 e. The summed E-state index contributed by atoms with van der Waals surface area (Å²) in [6.45, 7) is 6.79. The third-order valence-electron chi connectivity index (χ3n) is 3.63. The summed E-state index contributed by atoms with van der Waals surface area (Å²) in [5, 5.41) is 14.0. The second kappa shape index (κ2) is 6.85. The van der Waals surface area contributed by atoms with Crippen molar-refractivity contribution in [3.05, 3.63) is 34.4 Å². The molecular weight excluding hydrogens is 298 g/mol. The standard InChI is InChI=1S/C16H23N3O4/c1-16(2,3)23-15(20)17-12-8-10-18(11-9-12)13-6-4-5-7-14(13)19(21)22/h4-7,12H,8-11H2,1-3H3,(H,17,20). The van der Waals surface area contributed by atoms with E-state index in [1.807, 2.05) is 25.7 Å². The summed E-state index contributed by atoms with van der Waals surface area (Å²) in [4.78, 5) is 24.5. The first-order chi connectivity index (χ1) is 10.8. The number of amides is 1. The maximum atomic E-state index is 11.8. The van der Waals surface area contributed by atoms with Crippen LogP contribution in [-0.4, -0.2) is 35.7 Å². The lowest BCUT2D eigenvalue weighted by Crippen LogP contribution is -2.46. The molecule has 1 N–H and O–H groups in total. The molecule has 0 bridgehead atoms. The number of carbonyl (C=O) groups excluding carboxylic acids is 1. The average Bonchev–Trinajstić information content (AvgIpc) is 2.46. The molecule has 0 spiro atoms. The summed E-state index contributed by atoms with van der Waals surface area (Å²) >= 11 is 0. The number of benzene rings is 1. The number of piperidine rings is 1. The summed E-state index contributed by atoms with van der Waals surface area (Å²) in [6.07, 6.45) is 1.04. The molecule has 1 aromatic carbocycles. The lowest BCUT2D eigenvalue weighted by molar-refractivity contribution is -0.384. The first kappa shape index (κ1) is 17.1. The maximum absolute atomic E-state index is 11.8. The zero-order valence-electron chi connectivity index (χ0n) is 13.7. The van der Waals surface area contributed by atoms with Gasteiger partial charge in [-0.25, -0.2) is 4.79 Å². The topological polar surface area (TPSA) is 84.7 Å². The van der Waals surface area contributed by atoms with Crippen LogP contribution in [0.15, 0.2) is 24.3 Å². The van der Waals surface area contributed by atoms with Crippen LogP contribution in [0.25, 0.3) is 0 Å². The minimum atomic E-state index is -0.518. The number of nitrogens with one attached hydrogen (secondary N) is 1. The number of para-hydroxylation sites is 2. The predicted octanol–water partition coefficient (Wildman–Crippen LogP) is 3.09. The Balaban J connectivity index is 1.92. The van der Waals surface area contributed by atoms with E-state index in [4.69, 9.17) is 4.74 Å². The minimum absolute atomic E-state index is 0.0314. The SMILES string of the molecule is CC(C)(C)OC(=O)NC1CCN(c2ccccc2[N+](=O)[O-])CC1. The van der Waals surface area contributed by atoms with Gasteiger partial charge in [0.25, 0.3) is 5.69 Å². The Labute approximate surface area is 135 Å². The van der Waals surface area contributed by atoms with Crippen LogP contribution in [0.4, 0.5) is 16.2 Å². The van der Waals surface area contributed by atoms with Crippen molar-refractivity contribution >= 4 is 17.5 Å². The molecule has 1 saturated heterocycles. The van der Waals surface area contributed by atoms with E-state index in [2.05, 4.69) is 5.32 Å². The Morgan fingerprint density at radius 2 is 1.91 bits per heavy atom. The molecule has 1 aromatic rings. The fourth-order valence-corrected chi connectivity index (χ4v) is 2.62. The predicted molar refractivity (Wildman–Crippen MR) is 87.7 cm³/mol. The number of carbonyl (C=O) groups is 1. The molecule has 7 nitrogen and oxygen atoms in total. The number of anilines is 1. The molecule has 1 aliphatic heterocycles. The summed E-state index contributed by atoms with van der Waals surface area (Å²) in [5.74, 6) is 0. The molecule has 0 aliphatic carbocycles. The molecule has 126 valence electrons. The summed E-state index contributed by atoms with van der Waals surface area (Å²) in [5.41, 5.74) is 0.231. The zero-order chi connectivity index (χ0) is 17.0. The summed E-state index contributed by atoms with van der Waals surface area (Å²) in [7, 11) is 0. The normalized spacial score (nSPS) is 16.0. The molecule has 7 heteroatoms. The number of rotatable bonds is 3. The van der Waals surface area contributed by atoms with Gasteiger partial charge in [0.2, 0.25) is 0 Å². The number of nitro benzene ring substituents is 1. The summed E-state index contributed by atoms with van der Waals surface area (Å²) < 4.78 is 5.25. The van der Waals surface area contributed by atoms with Crippen LogP contribution in [0.1, 0.15) is 33.6 Å². The molecule has 0 aromatic heterocycles. The van der Waals surface area contributed by atoms with Gasteiger partial charge in [0.15, 0.2) is 0 Å². The second-order valence-electron chi connectivity index (χ2n) is 6.65. The van der Waals surface area contributed by atoms with E-state index in [9.17, 15) is 14.9 Å². The van der Waals surface area contributed by atoms with Gasteiger partial charge < -0.3 is 15.0 Å². The van der Waals surface area contributed by atoms with E-state index in [0.29, 0.717) is 18.8 Å². The van der Waals surface area contributed by atoms with Gasteiger partial charge in [-0.2, -0.15) is 0 Å². The third-order valence-corrected chi connectivity index (χ3v) is 3.63. The molecule has 2 rings (SSSR count). The number of nitrogens with zero attached hydrogens (tertiary/aromatic N) is 2. The van der Waals surface area contributed by atoms with E-state index in [0.717, 1.165) is 12.8 Å². The molecule has 1 fully saturated rings. The van der Waals surface area contributed by atoms with E-state index in [1.165, 1.54) is 6.07 Å². The first-order valence-corrected chi connectivity index (χ1v) is 7.74. The average molecular weight is 321 g/mol. The molecule has 1 aliphatic rings. The number of hydrogen-bond acceptors (Lipinski definition) is 5. The molecular formula is C16H23N3O4. The Morgan fingerprint density at radius 3 is 2.48 bits per heavy atom. The highest BCUT2D eigenvalue weighted by molar-refractivity contribution is 5.68. The lowest BCUT2D eigenvalue weighted by atomic mass is 10.0. The van der Waals surface area contributed by atoms with Gasteiger partial charge in [-0.3, -0.25) is 10.1 Å². The summed E-state index contributed by atoms with van der Waals surface area (Å²) in [6, 6.07) is 6.77. The van der Waals surface area contributed by atoms with Gasteiger partial charge in [0, 0.05) is 25.2 Å². The van der Waals surface area contributed by atoms with Crippen molar-refractivity contribution in [2.45, 2.75) is 45.3 Å². The molecule has 0 saturated carbocycles. The molecule has 0 atom stereocenters. The van der Waals surface area contributed by atoms with E-state index in [1.54, 1.807) is 18.2 Å². The van der Waals surface area contributed by atoms with E-state index in [-0.39, 0.29) is 16.7 Å². The maximum Gasteiger partial charge on any atom is 0.407 e. The zero-order valence-corrected chi connectivity index (χ0v) is 13.7. The molecule has 0 unspecified atom stereocenters. The lowest BCUT2D eigenvalue weighted by Gasteiger charge is -2.33. The molecule has 1 amide bonds. The van der Waals surface area contributed by atoms with Crippen LogP contribution >= 0.6 is 0 Å². The van der Waals surface area contributed by atoms with Gasteiger partial charge in [0.1, 0.15) is 11.3 Å². The highest BCUT2D eigenvalue weighted by Gasteiger charge is 2.26. The van der Waals surface area contributed by atoms with Crippen molar-refractivity contribution in [2.24, 2.45) is 0 Å². The first-order valence-electron chi connectivity index (χ1n) is 7.74. The number of ether oxygens (including phenoxy) is 1. The van der Waals surface area contributed by atoms with Crippen LogP contribution in [-0.2, 0) is 4.74 Å². The van der Waals surface area contributed by atoms with Gasteiger partial charge in [-0.15, -0.1) is 0 Å². The monoisotopic (exact) mass is 321 g/mol. The number of alkyl carbamates (subject to hydrolysis) is 1. The smallest absolute Gasteiger partial charge is 0.407 e. The fraction of sp³-hybridized carbons (Fsp3) is 0.562. The third kappa shape index (κ3) is 4.84. The fourth-order valence-electron chi connectivity index (χ4n) is 2.62. The van der Waals surface area contributed by atoms with Crippen LogP contribution in [0.2, 0.25) is 0 Å². The quantitative estimate of drug-likeness (QED) is 0.683.